The molecule has 0 atom stereocenters. The van der Waals surface area contributed by atoms with Crippen molar-refractivity contribution in [1.82, 2.24) is 14.6 Å². The van der Waals surface area contributed by atoms with E-state index in [0.29, 0.717) is 16.9 Å². The summed E-state index contributed by atoms with van der Waals surface area (Å²) in [6.45, 7) is 9.31. The molecule has 1 aromatic carbocycles. The minimum absolute atomic E-state index is 0.218. The molecule has 0 spiro atoms. The second-order valence-electron chi connectivity index (χ2n) is 6.46. The van der Waals surface area contributed by atoms with Crippen LogP contribution in [-0.2, 0) is 4.74 Å². The molecule has 0 aliphatic rings. The molecule has 0 N–H and O–H groups in total. The summed E-state index contributed by atoms with van der Waals surface area (Å²) in [7, 11) is 0. The van der Waals surface area contributed by atoms with Gasteiger partial charge in [0.1, 0.15) is 5.56 Å². The smallest absolute Gasteiger partial charge is 0.344 e. The minimum atomic E-state index is -0.595. The highest BCUT2D eigenvalue weighted by Gasteiger charge is 2.21. The maximum absolute atomic E-state index is 12.6. The number of Topliss-reactive ketones (excluding diaryl/α,β-unsaturated/α-hetero) is 1. The van der Waals surface area contributed by atoms with Crippen molar-refractivity contribution in [3.05, 3.63) is 63.6 Å². The van der Waals surface area contributed by atoms with Crippen LogP contribution in [0, 0.1) is 34.6 Å². The Hall–Kier alpha value is -3.02. The zero-order valence-corrected chi connectivity index (χ0v) is 15.6. The molecule has 134 valence electrons. The molecule has 0 saturated carbocycles. The van der Waals surface area contributed by atoms with E-state index in [1.165, 1.54) is 10.1 Å². The predicted molar refractivity (Wildman–Crippen MR) is 97.7 cm³/mol. The van der Waals surface area contributed by atoms with Crippen LogP contribution in [0.3, 0.4) is 0 Å². The summed E-state index contributed by atoms with van der Waals surface area (Å²) in [4.78, 5) is 29.2. The molecule has 0 aliphatic heterocycles. The number of ketones is 1. The number of rotatable bonds is 4. The molecule has 0 saturated heterocycles. The highest BCUT2D eigenvalue weighted by atomic mass is 16.5. The lowest BCUT2D eigenvalue weighted by molar-refractivity contribution is 0.0475. The fourth-order valence-corrected chi connectivity index (χ4v) is 3.02. The van der Waals surface area contributed by atoms with E-state index in [-0.39, 0.29) is 18.0 Å². The van der Waals surface area contributed by atoms with Crippen molar-refractivity contribution < 1.29 is 14.3 Å². The third kappa shape index (κ3) is 2.98. The van der Waals surface area contributed by atoms with Gasteiger partial charge in [-0.25, -0.2) is 14.3 Å². The summed E-state index contributed by atoms with van der Waals surface area (Å²) in [5.41, 5.74) is 6.03. The topological polar surface area (TPSA) is 73.6 Å². The molecule has 0 aliphatic carbocycles. The van der Waals surface area contributed by atoms with E-state index in [2.05, 4.69) is 10.1 Å². The van der Waals surface area contributed by atoms with Gasteiger partial charge in [-0.2, -0.15) is 5.10 Å². The third-order valence-electron chi connectivity index (χ3n) is 4.89. The Morgan fingerprint density at radius 1 is 1.08 bits per heavy atom. The predicted octanol–water partition coefficient (Wildman–Crippen LogP) is 3.31. The van der Waals surface area contributed by atoms with Gasteiger partial charge < -0.3 is 4.74 Å². The number of ether oxygens (including phenoxy) is 1. The molecule has 2 aromatic heterocycles. The molecule has 3 aromatic rings. The number of aryl methyl sites for hydroxylation is 2. The lowest BCUT2D eigenvalue weighted by Gasteiger charge is -2.13. The number of fused-ring (bicyclic) bond motifs is 1. The van der Waals surface area contributed by atoms with E-state index in [4.69, 9.17) is 4.74 Å². The number of hydrogen-bond acceptors (Lipinski definition) is 5. The monoisotopic (exact) mass is 351 g/mol. The number of carbonyl (C=O) groups excluding carboxylic acids is 2. The van der Waals surface area contributed by atoms with Crippen LogP contribution in [0.15, 0.2) is 24.5 Å². The highest BCUT2D eigenvalue weighted by molar-refractivity contribution is 6.02. The van der Waals surface area contributed by atoms with Crippen LogP contribution in [0.1, 0.15) is 48.7 Å². The molecule has 0 radical (unpaired) electrons. The molecule has 0 fully saturated rings. The molecule has 0 unspecified atom stereocenters. The third-order valence-corrected chi connectivity index (χ3v) is 4.89. The molecule has 3 rings (SSSR count). The van der Waals surface area contributed by atoms with Gasteiger partial charge in [0, 0.05) is 18.0 Å². The van der Waals surface area contributed by atoms with Gasteiger partial charge in [0.15, 0.2) is 12.3 Å². The maximum atomic E-state index is 12.6. The van der Waals surface area contributed by atoms with Crippen LogP contribution < -0.4 is 0 Å². The Morgan fingerprint density at radius 3 is 2.54 bits per heavy atom. The first-order valence-electron chi connectivity index (χ1n) is 8.39. The van der Waals surface area contributed by atoms with Crippen LogP contribution in [0.25, 0.3) is 5.65 Å². The van der Waals surface area contributed by atoms with Crippen LogP contribution in [0.5, 0.6) is 0 Å². The molecule has 6 heteroatoms. The van der Waals surface area contributed by atoms with Gasteiger partial charge in [-0.05, 0) is 69.0 Å². The Bertz CT molecular complexity index is 1030. The SMILES string of the molecule is Cc1cc(C(=O)COC(=O)c2c(C)nn3cccnc23)c(C)c(C)c1C. The largest absolute Gasteiger partial charge is 0.454 e. The molecule has 0 amide bonds. The Morgan fingerprint density at radius 2 is 1.81 bits per heavy atom. The molecule has 6 nitrogen and oxygen atoms in total. The van der Waals surface area contributed by atoms with Crippen molar-refractivity contribution in [2.75, 3.05) is 6.61 Å². The van der Waals surface area contributed by atoms with Crippen LogP contribution in [-0.4, -0.2) is 33.0 Å². The zero-order valence-electron chi connectivity index (χ0n) is 15.6. The average molecular weight is 351 g/mol. The van der Waals surface area contributed by atoms with Crippen LogP contribution in [0.2, 0.25) is 0 Å². The summed E-state index contributed by atoms with van der Waals surface area (Å²) < 4.78 is 6.79. The lowest BCUT2D eigenvalue weighted by Crippen LogP contribution is -2.16. The van der Waals surface area contributed by atoms with Crippen molar-refractivity contribution >= 4 is 17.4 Å². The second-order valence-corrected chi connectivity index (χ2v) is 6.46. The van der Waals surface area contributed by atoms with Gasteiger partial charge in [-0.1, -0.05) is 0 Å². The van der Waals surface area contributed by atoms with Crippen molar-refractivity contribution in [3.8, 4) is 0 Å². The van der Waals surface area contributed by atoms with E-state index in [1.54, 1.807) is 25.4 Å². The number of aromatic nitrogens is 3. The van der Waals surface area contributed by atoms with Crippen LogP contribution >= 0.6 is 0 Å². The number of hydrogen-bond donors (Lipinski definition) is 0. The summed E-state index contributed by atoms with van der Waals surface area (Å²) in [5.74, 6) is -0.813. The fraction of sp³-hybridized carbons (Fsp3) is 0.300. The Kier molecular flexibility index (Phi) is 4.59. The minimum Gasteiger partial charge on any atom is -0.454 e. The first-order chi connectivity index (χ1) is 12.3. The summed E-state index contributed by atoms with van der Waals surface area (Å²) >= 11 is 0. The zero-order chi connectivity index (χ0) is 19.0. The van der Waals surface area contributed by atoms with E-state index in [9.17, 15) is 9.59 Å². The molecular weight excluding hydrogens is 330 g/mol. The maximum Gasteiger partial charge on any atom is 0.344 e. The Balaban J connectivity index is 1.82. The summed E-state index contributed by atoms with van der Waals surface area (Å²) in [5, 5.41) is 4.23. The van der Waals surface area contributed by atoms with E-state index in [0.717, 1.165) is 16.7 Å². The van der Waals surface area contributed by atoms with Gasteiger partial charge in [0.25, 0.3) is 0 Å². The lowest BCUT2D eigenvalue weighted by atomic mass is 9.93. The van der Waals surface area contributed by atoms with Gasteiger partial charge >= 0.3 is 5.97 Å². The van der Waals surface area contributed by atoms with Gasteiger partial charge in [0.2, 0.25) is 5.78 Å². The van der Waals surface area contributed by atoms with Crippen molar-refractivity contribution in [1.29, 1.82) is 0 Å². The first kappa shape index (κ1) is 17.8. The van der Waals surface area contributed by atoms with Crippen molar-refractivity contribution in [3.63, 3.8) is 0 Å². The fourth-order valence-electron chi connectivity index (χ4n) is 3.02. The van der Waals surface area contributed by atoms with Gasteiger partial charge in [-0.15, -0.1) is 0 Å². The highest BCUT2D eigenvalue weighted by Crippen LogP contribution is 2.22. The summed E-state index contributed by atoms with van der Waals surface area (Å²) in [6.07, 6.45) is 3.29. The molecular formula is C20H21N3O3. The number of esters is 1. The molecule has 2 heterocycles. The Labute approximate surface area is 151 Å². The van der Waals surface area contributed by atoms with Crippen LogP contribution in [0.4, 0.5) is 0 Å². The second kappa shape index (κ2) is 6.71. The number of carbonyl (C=O) groups is 2. The first-order valence-corrected chi connectivity index (χ1v) is 8.39. The average Bonchev–Trinajstić information content (AvgIpc) is 2.96. The summed E-state index contributed by atoms with van der Waals surface area (Å²) in [6, 6.07) is 3.58. The number of nitrogens with zero attached hydrogens (tertiary/aromatic N) is 3. The molecule has 0 bridgehead atoms. The van der Waals surface area contributed by atoms with E-state index < -0.39 is 5.97 Å². The van der Waals surface area contributed by atoms with Gasteiger partial charge in [0.05, 0.1) is 5.69 Å². The van der Waals surface area contributed by atoms with Gasteiger partial charge in [-0.3, -0.25) is 4.79 Å². The normalized spacial score (nSPS) is 11.0. The van der Waals surface area contributed by atoms with E-state index >= 15 is 0 Å². The van der Waals surface area contributed by atoms with Crippen molar-refractivity contribution in [2.24, 2.45) is 0 Å². The quantitative estimate of drug-likeness (QED) is 0.532. The standard InChI is InChI=1S/C20H21N3O3/c1-11-9-16(14(4)13(3)12(11)2)17(24)10-26-20(25)18-15(5)22-23-8-6-7-21-19(18)23/h6-9H,10H2,1-5H3. The molecule has 26 heavy (non-hydrogen) atoms. The van der Waals surface area contributed by atoms with Crippen molar-refractivity contribution in [2.45, 2.75) is 34.6 Å². The number of benzene rings is 1. The van der Waals surface area contributed by atoms with E-state index in [1.807, 2.05) is 33.8 Å².